The number of fused-ring (bicyclic) bond motifs is 1. The van der Waals surface area contributed by atoms with Crippen LogP contribution in [0.3, 0.4) is 0 Å². The van der Waals surface area contributed by atoms with Gasteiger partial charge in [-0.3, -0.25) is 4.57 Å². The Morgan fingerprint density at radius 3 is 2.76 bits per heavy atom. The molecule has 3 N–H and O–H groups in total. The van der Waals surface area contributed by atoms with Crippen LogP contribution in [0.5, 0.6) is 5.88 Å². The van der Waals surface area contributed by atoms with Crippen molar-refractivity contribution in [1.29, 1.82) is 0 Å². The van der Waals surface area contributed by atoms with E-state index in [1.54, 1.807) is 0 Å². The maximum Gasteiger partial charge on any atom is 0.245 e. The molecule has 0 spiro atoms. The summed E-state index contributed by atoms with van der Waals surface area (Å²) in [6, 6.07) is 0. The van der Waals surface area contributed by atoms with E-state index in [0.717, 1.165) is 0 Å². The molecule has 3 rings (SSSR count). The molecule has 1 saturated heterocycles. The summed E-state index contributed by atoms with van der Waals surface area (Å²) in [7, 11) is 0. The van der Waals surface area contributed by atoms with E-state index in [4.69, 9.17) is 14.6 Å². The van der Waals surface area contributed by atoms with E-state index in [9.17, 15) is 10.2 Å². The Kier molecular flexibility index (Phi) is 3.72. The molecule has 0 aliphatic carbocycles. The minimum absolute atomic E-state index is 0.341. The van der Waals surface area contributed by atoms with Gasteiger partial charge in [-0.05, 0) is 6.92 Å². The van der Waals surface area contributed by atoms with E-state index in [0.29, 0.717) is 23.7 Å². The van der Waals surface area contributed by atoms with Crippen LogP contribution in [0.25, 0.3) is 11.2 Å². The van der Waals surface area contributed by atoms with E-state index >= 15 is 0 Å². The molecule has 0 aromatic carbocycles. The SMILES string of the molecule is CCOc1ncnc2c1ncn2[C@@H]1O[C@H](CO)[C@@H](O)[C@H]1O. The summed E-state index contributed by atoms with van der Waals surface area (Å²) >= 11 is 0. The molecule has 9 nitrogen and oxygen atoms in total. The zero-order valence-corrected chi connectivity index (χ0v) is 11.3. The molecule has 21 heavy (non-hydrogen) atoms. The van der Waals surface area contributed by atoms with Gasteiger partial charge in [-0.15, -0.1) is 0 Å². The van der Waals surface area contributed by atoms with Crippen LogP contribution in [-0.2, 0) is 4.74 Å². The van der Waals surface area contributed by atoms with Gasteiger partial charge in [0.25, 0.3) is 0 Å². The first kappa shape index (κ1) is 14.1. The maximum absolute atomic E-state index is 10.1. The van der Waals surface area contributed by atoms with Crippen LogP contribution in [0.1, 0.15) is 13.2 Å². The molecule has 1 aliphatic rings. The van der Waals surface area contributed by atoms with Crippen LogP contribution >= 0.6 is 0 Å². The summed E-state index contributed by atoms with van der Waals surface area (Å²) in [5.74, 6) is 0.341. The van der Waals surface area contributed by atoms with E-state index in [2.05, 4.69) is 15.0 Å². The summed E-state index contributed by atoms with van der Waals surface area (Å²) in [5.41, 5.74) is 0.861. The molecular formula is C12H16N4O5. The Bertz CT molecular complexity index is 633. The molecule has 0 unspecified atom stereocenters. The molecule has 0 radical (unpaired) electrons. The number of hydrogen-bond acceptors (Lipinski definition) is 8. The Morgan fingerprint density at radius 2 is 2.10 bits per heavy atom. The van der Waals surface area contributed by atoms with Crippen molar-refractivity contribution in [3.63, 3.8) is 0 Å². The Balaban J connectivity index is 2.00. The van der Waals surface area contributed by atoms with Gasteiger partial charge in [0.05, 0.1) is 19.5 Å². The van der Waals surface area contributed by atoms with Gasteiger partial charge in [-0.2, -0.15) is 4.98 Å². The fraction of sp³-hybridized carbons (Fsp3) is 0.583. The van der Waals surface area contributed by atoms with Crippen molar-refractivity contribution >= 4 is 11.2 Å². The standard InChI is InChI=1S/C12H16N4O5/c1-2-20-11-7-10(13-4-14-11)16(5-15-7)12-9(19)8(18)6(3-17)21-12/h4-6,8-9,12,17-19H,2-3H2,1H3/t6-,8-,9-,12-/m1/s1. The predicted molar refractivity (Wildman–Crippen MR) is 69.5 cm³/mol. The highest BCUT2D eigenvalue weighted by atomic mass is 16.6. The van der Waals surface area contributed by atoms with Crippen molar-refractivity contribution in [3.8, 4) is 5.88 Å². The highest BCUT2D eigenvalue weighted by Crippen LogP contribution is 2.32. The monoisotopic (exact) mass is 296 g/mol. The first-order chi connectivity index (χ1) is 10.2. The average Bonchev–Trinajstić information content (AvgIpc) is 3.03. The van der Waals surface area contributed by atoms with Crippen LogP contribution in [-0.4, -0.2) is 66.4 Å². The van der Waals surface area contributed by atoms with Gasteiger partial charge in [0.2, 0.25) is 5.88 Å². The van der Waals surface area contributed by atoms with E-state index < -0.39 is 24.5 Å². The highest BCUT2D eigenvalue weighted by Gasteiger charge is 2.44. The number of nitrogens with zero attached hydrogens (tertiary/aromatic N) is 4. The topological polar surface area (TPSA) is 123 Å². The van der Waals surface area contributed by atoms with Gasteiger partial charge >= 0.3 is 0 Å². The normalized spacial score (nSPS) is 29.1. The van der Waals surface area contributed by atoms with Crippen molar-refractivity contribution in [2.24, 2.45) is 0 Å². The fourth-order valence-corrected chi connectivity index (χ4v) is 2.37. The summed E-state index contributed by atoms with van der Waals surface area (Å²) in [6.07, 6.45) is -1.34. The third-order valence-corrected chi connectivity index (χ3v) is 3.40. The first-order valence-corrected chi connectivity index (χ1v) is 6.60. The van der Waals surface area contributed by atoms with E-state index in [-0.39, 0.29) is 6.61 Å². The third kappa shape index (κ3) is 2.23. The van der Waals surface area contributed by atoms with Crippen LogP contribution in [0.2, 0.25) is 0 Å². The summed E-state index contributed by atoms with van der Waals surface area (Å²) in [4.78, 5) is 12.3. The second kappa shape index (κ2) is 5.53. The molecule has 1 aliphatic heterocycles. The second-order valence-corrected chi connectivity index (χ2v) is 4.66. The Hall–Kier alpha value is -1.81. The second-order valence-electron chi connectivity index (χ2n) is 4.66. The number of aromatic nitrogens is 4. The largest absolute Gasteiger partial charge is 0.476 e. The number of rotatable bonds is 4. The molecular weight excluding hydrogens is 280 g/mol. The molecule has 9 heteroatoms. The minimum Gasteiger partial charge on any atom is -0.476 e. The first-order valence-electron chi connectivity index (χ1n) is 6.60. The lowest BCUT2D eigenvalue weighted by molar-refractivity contribution is -0.0511. The van der Waals surface area contributed by atoms with Gasteiger partial charge in [0.1, 0.15) is 24.6 Å². The lowest BCUT2D eigenvalue weighted by atomic mass is 10.1. The molecule has 0 saturated carbocycles. The highest BCUT2D eigenvalue weighted by molar-refractivity contribution is 5.76. The van der Waals surface area contributed by atoms with Gasteiger partial charge < -0.3 is 24.8 Å². The maximum atomic E-state index is 10.1. The molecule has 2 aromatic heterocycles. The summed E-state index contributed by atoms with van der Waals surface area (Å²) in [6.45, 7) is 1.88. The van der Waals surface area contributed by atoms with Crippen LogP contribution in [0.15, 0.2) is 12.7 Å². The van der Waals surface area contributed by atoms with Gasteiger partial charge in [0, 0.05) is 0 Å². The van der Waals surface area contributed by atoms with Crippen LogP contribution < -0.4 is 4.74 Å². The van der Waals surface area contributed by atoms with Gasteiger partial charge in [-0.1, -0.05) is 0 Å². The number of ether oxygens (including phenoxy) is 2. The number of imidazole rings is 1. The van der Waals surface area contributed by atoms with Crippen molar-refractivity contribution in [1.82, 2.24) is 19.5 Å². The van der Waals surface area contributed by atoms with E-state index in [1.807, 2.05) is 6.92 Å². The van der Waals surface area contributed by atoms with E-state index in [1.165, 1.54) is 17.2 Å². The molecule has 4 atom stereocenters. The lowest BCUT2D eigenvalue weighted by Gasteiger charge is -2.16. The quantitative estimate of drug-likeness (QED) is 0.645. The van der Waals surface area contributed by atoms with Crippen LogP contribution in [0, 0.1) is 0 Å². The zero-order valence-electron chi connectivity index (χ0n) is 11.3. The lowest BCUT2D eigenvalue weighted by Crippen LogP contribution is -2.33. The molecule has 1 fully saturated rings. The summed E-state index contributed by atoms with van der Waals surface area (Å²) in [5, 5.41) is 29.0. The number of aliphatic hydroxyl groups is 3. The average molecular weight is 296 g/mol. The number of hydrogen-bond donors (Lipinski definition) is 3. The zero-order chi connectivity index (χ0) is 15.0. The Labute approximate surface area is 119 Å². The van der Waals surface area contributed by atoms with Gasteiger partial charge in [0.15, 0.2) is 17.4 Å². The van der Waals surface area contributed by atoms with Crippen molar-refractivity contribution < 1.29 is 24.8 Å². The minimum atomic E-state index is -1.19. The van der Waals surface area contributed by atoms with Crippen molar-refractivity contribution in [2.75, 3.05) is 13.2 Å². The fourth-order valence-electron chi connectivity index (χ4n) is 2.37. The smallest absolute Gasteiger partial charge is 0.245 e. The van der Waals surface area contributed by atoms with Crippen LogP contribution in [0.4, 0.5) is 0 Å². The third-order valence-electron chi connectivity index (χ3n) is 3.40. The Morgan fingerprint density at radius 1 is 1.29 bits per heavy atom. The summed E-state index contributed by atoms with van der Waals surface area (Å²) < 4.78 is 12.3. The molecule has 0 amide bonds. The number of aliphatic hydroxyl groups excluding tert-OH is 3. The van der Waals surface area contributed by atoms with Gasteiger partial charge in [-0.25, -0.2) is 9.97 Å². The molecule has 114 valence electrons. The molecule has 2 aromatic rings. The molecule has 0 bridgehead atoms. The molecule has 3 heterocycles. The van der Waals surface area contributed by atoms with Crippen molar-refractivity contribution in [2.45, 2.75) is 31.5 Å². The predicted octanol–water partition coefficient (Wildman–Crippen LogP) is -1.16. The van der Waals surface area contributed by atoms with Crippen molar-refractivity contribution in [3.05, 3.63) is 12.7 Å².